The molecule has 0 aliphatic heterocycles. The summed E-state index contributed by atoms with van der Waals surface area (Å²) < 4.78 is 5.39. The van der Waals surface area contributed by atoms with Crippen molar-refractivity contribution in [1.82, 2.24) is 4.90 Å². The summed E-state index contributed by atoms with van der Waals surface area (Å²) in [6, 6.07) is 7.62. The lowest BCUT2D eigenvalue weighted by molar-refractivity contribution is -0.116. The monoisotopic (exact) mass is 250 g/mol. The first-order valence-corrected chi connectivity index (χ1v) is 6.20. The summed E-state index contributed by atoms with van der Waals surface area (Å²) in [5.41, 5.74) is 0.910. The van der Waals surface area contributed by atoms with Gasteiger partial charge in [0.25, 0.3) is 0 Å². The van der Waals surface area contributed by atoms with Crippen LogP contribution in [-0.4, -0.2) is 44.6 Å². The van der Waals surface area contributed by atoms with Crippen LogP contribution in [0.4, 0.5) is 5.69 Å². The molecule has 0 N–H and O–H groups in total. The summed E-state index contributed by atoms with van der Waals surface area (Å²) in [6.07, 6.45) is 0. The number of carbonyl (C=O) groups is 1. The Bertz CT molecular complexity index is 374. The third-order valence-electron chi connectivity index (χ3n) is 2.61. The number of rotatable bonds is 6. The molecule has 0 heterocycles. The van der Waals surface area contributed by atoms with Gasteiger partial charge in [0, 0.05) is 25.7 Å². The Labute approximate surface area is 109 Å². The molecule has 0 fully saturated rings. The lowest BCUT2D eigenvalue weighted by Crippen LogP contribution is -2.35. The van der Waals surface area contributed by atoms with Crippen LogP contribution in [0.3, 0.4) is 0 Å². The molecule has 0 saturated heterocycles. The Morgan fingerprint density at radius 1 is 1.17 bits per heavy atom. The number of hydrogen-bond acceptors (Lipinski definition) is 3. The molecule has 0 atom stereocenters. The van der Waals surface area contributed by atoms with E-state index < -0.39 is 0 Å². The molecule has 0 aromatic heterocycles. The molecule has 0 spiro atoms. The molecule has 0 bridgehead atoms. The fourth-order valence-corrected chi connectivity index (χ4v) is 1.66. The van der Waals surface area contributed by atoms with E-state index in [9.17, 15) is 4.79 Å². The highest BCUT2D eigenvalue weighted by atomic mass is 16.5. The van der Waals surface area contributed by atoms with Gasteiger partial charge in [0.05, 0.1) is 6.61 Å². The van der Waals surface area contributed by atoms with Crippen LogP contribution in [0, 0.1) is 0 Å². The number of carbonyl (C=O) groups excluding carboxylic acids is 1. The van der Waals surface area contributed by atoms with E-state index >= 15 is 0 Å². The third kappa shape index (κ3) is 4.37. The van der Waals surface area contributed by atoms with Crippen molar-refractivity contribution >= 4 is 11.6 Å². The minimum atomic E-state index is 0.0565. The highest BCUT2D eigenvalue weighted by Gasteiger charge is 2.11. The van der Waals surface area contributed by atoms with Gasteiger partial charge in [0.2, 0.25) is 5.91 Å². The molecule has 1 rings (SSSR count). The Morgan fingerprint density at radius 3 is 2.22 bits per heavy atom. The molecule has 0 saturated carbocycles. The predicted molar refractivity (Wildman–Crippen MR) is 74.2 cm³/mol. The summed E-state index contributed by atoms with van der Waals surface area (Å²) in [6.45, 7) is 5.72. The van der Waals surface area contributed by atoms with Gasteiger partial charge in [-0.05, 0) is 45.3 Å². The molecule has 4 nitrogen and oxygen atoms in total. The van der Waals surface area contributed by atoms with Gasteiger partial charge in [-0.15, -0.1) is 0 Å². The maximum atomic E-state index is 11.6. The summed E-state index contributed by atoms with van der Waals surface area (Å²) in [5, 5.41) is 0. The summed E-state index contributed by atoms with van der Waals surface area (Å²) >= 11 is 0. The van der Waals surface area contributed by atoms with Crippen molar-refractivity contribution < 1.29 is 9.53 Å². The standard InChI is InChI=1S/C14H22N2O2/c1-5-18-14-8-6-13(7-9-14)16(12(2)17)11-10-15(3)4/h6-9H,5,10-11H2,1-4H3. The van der Waals surface area contributed by atoms with Crippen LogP contribution in [0.5, 0.6) is 5.75 Å². The van der Waals surface area contributed by atoms with Crippen molar-refractivity contribution in [2.45, 2.75) is 13.8 Å². The Morgan fingerprint density at radius 2 is 1.78 bits per heavy atom. The van der Waals surface area contributed by atoms with E-state index in [0.717, 1.165) is 18.0 Å². The van der Waals surface area contributed by atoms with E-state index in [0.29, 0.717) is 13.2 Å². The molecule has 0 aliphatic carbocycles. The molecular formula is C14H22N2O2. The fraction of sp³-hybridized carbons (Fsp3) is 0.500. The van der Waals surface area contributed by atoms with Gasteiger partial charge in [0.15, 0.2) is 0 Å². The lowest BCUT2D eigenvalue weighted by Gasteiger charge is -2.23. The highest BCUT2D eigenvalue weighted by molar-refractivity contribution is 5.91. The van der Waals surface area contributed by atoms with E-state index in [1.54, 1.807) is 11.8 Å². The van der Waals surface area contributed by atoms with Gasteiger partial charge in [0.1, 0.15) is 5.75 Å². The smallest absolute Gasteiger partial charge is 0.223 e. The topological polar surface area (TPSA) is 32.8 Å². The van der Waals surface area contributed by atoms with Crippen molar-refractivity contribution in [3.8, 4) is 5.75 Å². The quantitative estimate of drug-likeness (QED) is 0.774. The Hall–Kier alpha value is -1.55. The van der Waals surface area contributed by atoms with Crippen LogP contribution < -0.4 is 9.64 Å². The van der Waals surface area contributed by atoms with Crippen LogP contribution in [-0.2, 0) is 4.79 Å². The second-order valence-electron chi connectivity index (χ2n) is 4.40. The van der Waals surface area contributed by atoms with Gasteiger partial charge in [-0.1, -0.05) is 0 Å². The first kappa shape index (κ1) is 14.5. The van der Waals surface area contributed by atoms with Crippen LogP contribution in [0.25, 0.3) is 0 Å². The summed E-state index contributed by atoms with van der Waals surface area (Å²) in [5.74, 6) is 0.887. The van der Waals surface area contributed by atoms with E-state index in [1.165, 1.54) is 0 Å². The predicted octanol–water partition coefficient (Wildman–Crippen LogP) is 2.00. The number of benzene rings is 1. The zero-order chi connectivity index (χ0) is 13.5. The van der Waals surface area contributed by atoms with Crippen LogP contribution >= 0.6 is 0 Å². The number of hydrogen-bond donors (Lipinski definition) is 0. The van der Waals surface area contributed by atoms with Crippen LogP contribution in [0.15, 0.2) is 24.3 Å². The Balaban J connectivity index is 2.76. The number of likely N-dealkylation sites (N-methyl/N-ethyl adjacent to an activating group) is 1. The molecular weight excluding hydrogens is 228 g/mol. The minimum absolute atomic E-state index is 0.0565. The van der Waals surface area contributed by atoms with Crippen molar-refractivity contribution in [3.63, 3.8) is 0 Å². The molecule has 0 radical (unpaired) electrons. The van der Waals surface area contributed by atoms with Crippen LogP contribution in [0.2, 0.25) is 0 Å². The molecule has 100 valence electrons. The van der Waals surface area contributed by atoms with Gasteiger partial charge in [-0.25, -0.2) is 0 Å². The maximum Gasteiger partial charge on any atom is 0.223 e. The van der Waals surface area contributed by atoms with Gasteiger partial charge in [-0.2, -0.15) is 0 Å². The second-order valence-corrected chi connectivity index (χ2v) is 4.40. The number of amides is 1. The number of anilines is 1. The summed E-state index contributed by atoms with van der Waals surface area (Å²) in [7, 11) is 3.99. The first-order valence-electron chi connectivity index (χ1n) is 6.20. The van der Waals surface area contributed by atoms with Crippen molar-refractivity contribution in [2.75, 3.05) is 38.7 Å². The lowest BCUT2D eigenvalue weighted by atomic mass is 10.2. The largest absolute Gasteiger partial charge is 0.494 e. The van der Waals surface area contributed by atoms with Crippen LogP contribution in [0.1, 0.15) is 13.8 Å². The molecule has 0 unspecified atom stereocenters. The molecule has 1 amide bonds. The SMILES string of the molecule is CCOc1ccc(N(CCN(C)C)C(C)=O)cc1. The zero-order valence-electron chi connectivity index (χ0n) is 11.6. The second kappa shape index (κ2) is 7.01. The number of nitrogens with zero attached hydrogens (tertiary/aromatic N) is 2. The highest BCUT2D eigenvalue weighted by Crippen LogP contribution is 2.19. The summed E-state index contributed by atoms with van der Waals surface area (Å²) in [4.78, 5) is 15.5. The van der Waals surface area contributed by atoms with Gasteiger partial charge < -0.3 is 14.5 Å². The average Bonchev–Trinajstić information content (AvgIpc) is 2.31. The minimum Gasteiger partial charge on any atom is -0.494 e. The van der Waals surface area contributed by atoms with E-state index in [-0.39, 0.29) is 5.91 Å². The third-order valence-corrected chi connectivity index (χ3v) is 2.61. The Kier molecular flexibility index (Phi) is 5.65. The van der Waals surface area contributed by atoms with Gasteiger partial charge in [-0.3, -0.25) is 4.79 Å². The zero-order valence-corrected chi connectivity index (χ0v) is 11.6. The number of ether oxygens (including phenoxy) is 1. The fourth-order valence-electron chi connectivity index (χ4n) is 1.66. The molecule has 0 aliphatic rings. The average molecular weight is 250 g/mol. The van der Waals surface area contributed by atoms with Crippen molar-refractivity contribution in [1.29, 1.82) is 0 Å². The molecule has 18 heavy (non-hydrogen) atoms. The van der Waals surface area contributed by atoms with E-state index in [4.69, 9.17) is 4.74 Å². The van der Waals surface area contributed by atoms with Crippen molar-refractivity contribution in [2.24, 2.45) is 0 Å². The molecule has 1 aromatic carbocycles. The maximum absolute atomic E-state index is 11.6. The van der Waals surface area contributed by atoms with E-state index in [2.05, 4.69) is 4.90 Å². The van der Waals surface area contributed by atoms with E-state index in [1.807, 2.05) is 45.3 Å². The van der Waals surface area contributed by atoms with Crippen molar-refractivity contribution in [3.05, 3.63) is 24.3 Å². The normalized spacial score (nSPS) is 10.5. The molecule has 4 heteroatoms. The first-order chi connectivity index (χ1) is 8.54. The van der Waals surface area contributed by atoms with Gasteiger partial charge >= 0.3 is 0 Å². The molecule has 1 aromatic rings.